The summed E-state index contributed by atoms with van der Waals surface area (Å²) in [5.74, 6) is 0.322. The maximum Gasteiger partial charge on any atom is 0.307 e. The summed E-state index contributed by atoms with van der Waals surface area (Å²) in [6.07, 6.45) is 0. The van der Waals surface area contributed by atoms with Crippen LogP contribution in [0.3, 0.4) is 0 Å². The molecular weight excluding hydrogens is 419 g/mol. The van der Waals surface area contributed by atoms with Crippen LogP contribution < -0.4 is 5.43 Å². The SMILES string of the molecule is O=C(NN=C(c1ccccc1)c1ccc(Cl)c(Cl)c1)c1ccc(-c2ccccc2)o1. The molecule has 1 aromatic heterocycles. The van der Waals surface area contributed by atoms with Crippen molar-refractivity contribution in [2.24, 2.45) is 5.10 Å². The minimum Gasteiger partial charge on any atom is -0.451 e. The van der Waals surface area contributed by atoms with Crippen molar-refractivity contribution in [3.05, 3.63) is 118 Å². The molecule has 4 aromatic rings. The molecule has 0 fully saturated rings. The molecule has 4 nitrogen and oxygen atoms in total. The molecule has 0 radical (unpaired) electrons. The van der Waals surface area contributed by atoms with Gasteiger partial charge < -0.3 is 4.42 Å². The normalized spacial score (nSPS) is 11.3. The number of hydrogen-bond acceptors (Lipinski definition) is 3. The molecule has 1 amide bonds. The summed E-state index contributed by atoms with van der Waals surface area (Å²) in [6, 6.07) is 27.6. The van der Waals surface area contributed by atoms with Gasteiger partial charge in [-0.25, -0.2) is 5.43 Å². The Hall–Kier alpha value is -3.34. The van der Waals surface area contributed by atoms with E-state index in [-0.39, 0.29) is 5.76 Å². The summed E-state index contributed by atoms with van der Waals surface area (Å²) in [7, 11) is 0. The number of rotatable bonds is 5. The fourth-order valence-corrected chi connectivity index (χ4v) is 3.21. The number of carbonyl (C=O) groups is 1. The Kier molecular flexibility index (Phi) is 5.98. The highest BCUT2D eigenvalue weighted by Crippen LogP contribution is 2.25. The highest BCUT2D eigenvalue weighted by atomic mass is 35.5. The number of hydrogen-bond donors (Lipinski definition) is 1. The van der Waals surface area contributed by atoms with Gasteiger partial charge >= 0.3 is 5.91 Å². The molecule has 1 heterocycles. The minimum absolute atomic E-state index is 0.166. The van der Waals surface area contributed by atoms with Gasteiger partial charge in [0.1, 0.15) is 5.76 Å². The molecule has 0 atom stereocenters. The number of nitrogens with zero attached hydrogens (tertiary/aromatic N) is 1. The van der Waals surface area contributed by atoms with Crippen LogP contribution in [0.25, 0.3) is 11.3 Å². The fourth-order valence-electron chi connectivity index (χ4n) is 2.91. The van der Waals surface area contributed by atoms with Crippen LogP contribution in [0.1, 0.15) is 21.7 Å². The number of furan rings is 1. The van der Waals surface area contributed by atoms with Crippen LogP contribution in [0, 0.1) is 0 Å². The monoisotopic (exact) mass is 434 g/mol. The lowest BCUT2D eigenvalue weighted by molar-refractivity contribution is 0.0928. The second kappa shape index (κ2) is 8.99. The van der Waals surface area contributed by atoms with Crippen LogP contribution in [-0.2, 0) is 0 Å². The number of hydrazone groups is 1. The van der Waals surface area contributed by atoms with Crippen LogP contribution in [-0.4, -0.2) is 11.6 Å². The average Bonchev–Trinajstić information content (AvgIpc) is 3.28. The van der Waals surface area contributed by atoms with Gasteiger partial charge in [-0.1, -0.05) is 89.9 Å². The van der Waals surface area contributed by atoms with Crippen molar-refractivity contribution in [2.45, 2.75) is 0 Å². The number of amides is 1. The molecule has 0 spiro atoms. The molecular formula is C24H16Cl2N2O2. The van der Waals surface area contributed by atoms with Gasteiger partial charge in [-0.2, -0.15) is 5.10 Å². The standard InChI is InChI=1S/C24H16Cl2N2O2/c25-19-12-11-18(15-20(19)26)23(17-9-5-2-6-10-17)27-28-24(29)22-14-13-21(30-22)16-7-3-1-4-8-16/h1-15H,(H,28,29). The van der Waals surface area contributed by atoms with E-state index in [1.165, 1.54) is 0 Å². The Morgan fingerprint density at radius 3 is 2.17 bits per heavy atom. The van der Waals surface area contributed by atoms with Crippen LogP contribution >= 0.6 is 23.2 Å². The van der Waals surface area contributed by atoms with Gasteiger partial charge in [-0.05, 0) is 24.3 Å². The number of nitrogens with one attached hydrogen (secondary N) is 1. The Balaban J connectivity index is 1.62. The third kappa shape index (κ3) is 4.46. The summed E-state index contributed by atoms with van der Waals surface area (Å²) < 4.78 is 5.69. The number of benzene rings is 3. The van der Waals surface area contributed by atoms with Gasteiger partial charge in [0.25, 0.3) is 0 Å². The van der Waals surface area contributed by atoms with Crippen LogP contribution in [0.15, 0.2) is 101 Å². The summed E-state index contributed by atoms with van der Waals surface area (Å²) in [5, 5.41) is 5.20. The molecule has 3 aromatic carbocycles. The number of halogens is 2. The molecule has 0 aliphatic rings. The largest absolute Gasteiger partial charge is 0.451 e. The van der Waals surface area contributed by atoms with E-state index >= 15 is 0 Å². The molecule has 0 aliphatic carbocycles. The zero-order chi connectivity index (χ0) is 20.9. The highest BCUT2D eigenvalue weighted by molar-refractivity contribution is 6.42. The lowest BCUT2D eigenvalue weighted by Gasteiger charge is -2.09. The van der Waals surface area contributed by atoms with E-state index in [1.54, 1.807) is 30.3 Å². The second-order valence-corrected chi connectivity index (χ2v) is 7.24. The molecule has 148 valence electrons. The number of carbonyl (C=O) groups excluding carboxylic acids is 1. The van der Waals surface area contributed by atoms with Crippen LogP contribution in [0.2, 0.25) is 10.0 Å². The Morgan fingerprint density at radius 1 is 0.767 bits per heavy atom. The van der Waals surface area contributed by atoms with Crippen LogP contribution in [0.5, 0.6) is 0 Å². The molecule has 6 heteroatoms. The van der Waals surface area contributed by atoms with E-state index in [2.05, 4.69) is 10.5 Å². The zero-order valence-electron chi connectivity index (χ0n) is 15.7. The van der Waals surface area contributed by atoms with E-state index in [1.807, 2.05) is 60.7 Å². The summed E-state index contributed by atoms with van der Waals surface area (Å²) in [6.45, 7) is 0. The first-order valence-electron chi connectivity index (χ1n) is 9.16. The molecule has 0 saturated carbocycles. The van der Waals surface area contributed by atoms with E-state index in [0.717, 1.165) is 16.7 Å². The molecule has 0 saturated heterocycles. The van der Waals surface area contributed by atoms with Crippen molar-refractivity contribution in [2.75, 3.05) is 0 Å². The van der Waals surface area contributed by atoms with Crippen molar-refractivity contribution >= 4 is 34.8 Å². The Labute approximate surface area is 183 Å². The van der Waals surface area contributed by atoms with E-state index < -0.39 is 5.91 Å². The highest BCUT2D eigenvalue weighted by Gasteiger charge is 2.14. The summed E-state index contributed by atoms with van der Waals surface area (Å²) in [5.41, 5.74) is 5.56. The molecule has 0 bridgehead atoms. The van der Waals surface area contributed by atoms with E-state index in [0.29, 0.717) is 21.5 Å². The smallest absolute Gasteiger partial charge is 0.307 e. The fraction of sp³-hybridized carbons (Fsp3) is 0. The summed E-state index contributed by atoms with van der Waals surface area (Å²) in [4.78, 5) is 12.6. The maximum absolute atomic E-state index is 12.6. The lowest BCUT2D eigenvalue weighted by Crippen LogP contribution is -2.20. The molecule has 0 unspecified atom stereocenters. The first-order chi connectivity index (χ1) is 14.6. The first-order valence-corrected chi connectivity index (χ1v) is 9.91. The lowest BCUT2D eigenvalue weighted by atomic mass is 10.0. The van der Waals surface area contributed by atoms with Crippen molar-refractivity contribution in [3.63, 3.8) is 0 Å². The predicted octanol–water partition coefficient (Wildman–Crippen LogP) is 6.44. The molecule has 1 N–H and O–H groups in total. The predicted molar refractivity (Wildman–Crippen MR) is 120 cm³/mol. The third-order valence-electron chi connectivity index (χ3n) is 4.40. The van der Waals surface area contributed by atoms with Crippen LogP contribution in [0.4, 0.5) is 0 Å². The Bertz CT molecular complexity index is 1200. The topological polar surface area (TPSA) is 54.6 Å². The quantitative estimate of drug-likeness (QED) is 0.290. The van der Waals surface area contributed by atoms with Gasteiger partial charge in [-0.15, -0.1) is 0 Å². The van der Waals surface area contributed by atoms with Crippen molar-refractivity contribution in [1.29, 1.82) is 0 Å². The van der Waals surface area contributed by atoms with Gasteiger partial charge in [0, 0.05) is 16.7 Å². The molecule has 4 rings (SSSR count). The zero-order valence-corrected chi connectivity index (χ0v) is 17.2. The first kappa shape index (κ1) is 20.0. The molecule has 0 aliphatic heterocycles. The van der Waals surface area contributed by atoms with Crippen molar-refractivity contribution < 1.29 is 9.21 Å². The van der Waals surface area contributed by atoms with Gasteiger partial charge in [0.05, 0.1) is 15.8 Å². The van der Waals surface area contributed by atoms with Gasteiger partial charge in [-0.3, -0.25) is 4.79 Å². The summed E-state index contributed by atoms with van der Waals surface area (Å²) >= 11 is 12.2. The van der Waals surface area contributed by atoms with Crippen molar-refractivity contribution in [1.82, 2.24) is 5.43 Å². The Morgan fingerprint density at radius 2 is 1.47 bits per heavy atom. The third-order valence-corrected chi connectivity index (χ3v) is 5.14. The minimum atomic E-state index is -0.453. The van der Waals surface area contributed by atoms with E-state index in [9.17, 15) is 4.79 Å². The average molecular weight is 435 g/mol. The van der Waals surface area contributed by atoms with Crippen molar-refractivity contribution in [3.8, 4) is 11.3 Å². The maximum atomic E-state index is 12.6. The second-order valence-electron chi connectivity index (χ2n) is 6.43. The van der Waals surface area contributed by atoms with Gasteiger partial charge in [0.15, 0.2) is 5.76 Å². The molecule has 30 heavy (non-hydrogen) atoms. The van der Waals surface area contributed by atoms with Gasteiger partial charge in [0.2, 0.25) is 0 Å². The van der Waals surface area contributed by atoms with E-state index in [4.69, 9.17) is 27.6 Å².